The first-order chi connectivity index (χ1) is 29.5. The zero-order chi connectivity index (χ0) is 47.4. The first-order valence-corrected chi connectivity index (χ1v) is 24.9. The van der Waals surface area contributed by atoms with E-state index in [0.717, 1.165) is 91.9 Å². The summed E-state index contributed by atoms with van der Waals surface area (Å²) in [5, 5.41) is 10.1. The summed E-state index contributed by atoms with van der Waals surface area (Å²) >= 11 is 7.01. The van der Waals surface area contributed by atoms with E-state index in [-0.39, 0.29) is 15.4 Å². The van der Waals surface area contributed by atoms with Crippen LogP contribution in [0.5, 0.6) is 0 Å². The highest BCUT2D eigenvalue weighted by Crippen LogP contribution is 2.49. The van der Waals surface area contributed by atoms with Gasteiger partial charge in [0.15, 0.2) is 12.3 Å². The Kier molecular flexibility index (Phi) is 13.6. The van der Waals surface area contributed by atoms with E-state index in [0.29, 0.717) is 36.5 Å². The molecule has 0 fully saturated rings. The summed E-state index contributed by atoms with van der Waals surface area (Å²) in [6, 6.07) is 14.4. The molecular formula is C49H64ClN4O8S2+3. The zero-order valence-corrected chi connectivity index (χ0v) is 41.1. The number of halogens is 1. The molecule has 2 heterocycles. The van der Waals surface area contributed by atoms with Crippen molar-refractivity contribution in [2.75, 3.05) is 73.4 Å². The van der Waals surface area contributed by atoms with Crippen LogP contribution in [-0.4, -0.2) is 125 Å². The summed E-state index contributed by atoms with van der Waals surface area (Å²) in [6.45, 7) is 11.4. The van der Waals surface area contributed by atoms with Crippen LogP contribution in [0.4, 0.5) is 11.4 Å². The van der Waals surface area contributed by atoms with Crippen molar-refractivity contribution in [1.29, 1.82) is 0 Å². The van der Waals surface area contributed by atoms with Gasteiger partial charge in [0.05, 0.1) is 82.6 Å². The molecule has 0 atom stereocenters. The molecule has 0 saturated carbocycles. The summed E-state index contributed by atoms with van der Waals surface area (Å²) in [5.41, 5.74) is 7.64. The number of anilines is 1. The molecule has 344 valence electrons. The Morgan fingerprint density at radius 2 is 1.39 bits per heavy atom. The van der Waals surface area contributed by atoms with Crippen LogP contribution < -0.4 is 4.90 Å². The lowest BCUT2D eigenvalue weighted by Crippen LogP contribution is -2.37. The number of rotatable bonds is 15. The second kappa shape index (κ2) is 17.8. The summed E-state index contributed by atoms with van der Waals surface area (Å²) in [4.78, 5) is 14.0. The van der Waals surface area contributed by atoms with Gasteiger partial charge in [-0.25, -0.2) is 4.79 Å². The predicted octanol–water partition coefficient (Wildman–Crippen LogP) is 8.90. The minimum Gasteiger partial charge on any atom is -0.478 e. The van der Waals surface area contributed by atoms with Crippen molar-refractivity contribution in [3.63, 3.8) is 0 Å². The lowest BCUT2D eigenvalue weighted by molar-refractivity contribution is -0.871. The van der Waals surface area contributed by atoms with Gasteiger partial charge in [-0.15, -0.1) is 0 Å². The standard InChI is InChI=1S/C49H61ClN4O8S2/c1-48(2)39-31-36(63(57,58)59)19-22-42(39)51(26-12-28-53(5,6)7)44(48)24-17-33-14-11-15-34(46(33)38-21-16-35(47(55)56)30-41(38)50)18-25-45-49(3,4)40-32-37(64(60,61)62)20-23-43(40)52(45)27-13-29-54(8,9)10/h16-25,30-32H,11-15,26-29H2,1-10H3/p+3. The number of aromatic carboxylic acids is 1. The third kappa shape index (κ3) is 10.5. The molecule has 64 heavy (non-hydrogen) atoms. The minimum atomic E-state index is -4.44. The van der Waals surface area contributed by atoms with E-state index < -0.39 is 37.0 Å². The lowest BCUT2D eigenvalue weighted by atomic mass is 9.79. The monoisotopic (exact) mass is 935 g/mol. The Morgan fingerprint density at radius 1 is 0.781 bits per heavy atom. The molecule has 3 aliphatic rings. The molecule has 6 rings (SSSR count). The number of carboxylic acid groups (broad SMARTS) is 1. The highest BCUT2D eigenvalue weighted by Gasteiger charge is 2.45. The quantitative estimate of drug-likeness (QED) is 0.0771. The number of hydrogen-bond donors (Lipinski definition) is 3. The molecule has 0 spiro atoms. The fraction of sp³-hybridized carbons (Fsp3) is 0.429. The fourth-order valence-corrected chi connectivity index (χ4v) is 10.6. The van der Waals surface area contributed by atoms with Crippen LogP contribution in [0.2, 0.25) is 5.02 Å². The summed E-state index contributed by atoms with van der Waals surface area (Å²) in [6.07, 6.45) is 12.4. The van der Waals surface area contributed by atoms with Crippen LogP contribution in [0.15, 0.2) is 106 Å². The van der Waals surface area contributed by atoms with Gasteiger partial charge in [-0.2, -0.15) is 21.4 Å². The van der Waals surface area contributed by atoms with Crippen molar-refractivity contribution < 1.29 is 49.4 Å². The molecule has 1 aliphatic carbocycles. The molecule has 2 aliphatic heterocycles. The van der Waals surface area contributed by atoms with Gasteiger partial charge in [0.25, 0.3) is 20.2 Å². The number of carboxylic acids is 1. The van der Waals surface area contributed by atoms with Gasteiger partial charge in [0.2, 0.25) is 5.69 Å². The normalized spacial score (nSPS) is 19.0. The lowest BCUT2D eigenvalue weighted by Gasteiger charge is -2.29. The van der Waals surface area contributed by atoms with Crippen molar-refractivity contribution in [3.8, 4) is 0 Å². The van der Waals surface area contributed by atoms with Gasteiger partial charge < -0.3 is 19.0 Å². The fourth-order valence-electron chi connectivity index (χ4n) is 9.33. The van der Waals surface area contributed by atoms with Gasteiger partial charge in [-0.05, 0) is 104 Å². The maximum atomic E-state index is 12.3. The maximum absolute atomic E-state index is 12.3. The number of hydrogen-bond acceptors (Lipinski definition) is 6. The van der Waals surface area contributed by atoms with Crippen molar-refractivity contribution in [1.82, 2.24) is 0 Å². The van der Waals surface area contributed by atoms with Gasteiger partial charge in [0, 0.05) is 58.1 Å². The highest BCUT2D eigenvalue weighted by molar-refractivity contribution is 7.86. The second-order valence-corrected chi connectivity index (χ2v) is 23.6. The van der Waals surface area contributed by atoms with E-state index in [9.17, 15) is 35.8 Å². The Morgan fingerprint density at radius 3 is 1.98 bits per heavy atom. The van der Waals surface area contributed by atoms with Crippen LogP contribution in [0.3, 0.4) is 0 Å². The predicted molar refractivity (Wildman–Crippen MR) is 255 cm³/mol. The minimum absolute atomic E-state index is 0.0731. The van der Waals surface area contributed by atoms with E-state index in [1.165, 1.54) is 18.2 Å². The number of carbonyl (C=O) groups is 1. The summed E-state index contributed by atoms with van der Waals surface area (Å²) < 4.78 is 73.1. The summed E-state index contributed by atoms with van der Waals surface area (Å²) in [5.74, 6) is -1.08. The first-order valence-electron chi connectivity index (χ1n) is 21.6. The SMILES string of the molecule is CC1(C)C(/C=C/C2=C(c3ccc(C(=O)O)cc3Cl)C(=C/C=C3/N(CCC[N+](C)(C)C)c4ccc(S(=O)(=O)O)cc4C3(C)C)/CCC2)=[N+](CCC[N+](C)(C)C)c2ccc(S(=O)(=O)O)cc21. The molecule has 0 radical (unpaired) electrons. The molecule has 0 unspecified atom stereocenters. The van der Waals surface area contributed by atoms with Crippen LogP contribution in [0, 0.1) is 0 Å². The van der Waals surface area contributed by atoms with E-state index in [2.05, 4.69) is 104 Å². The average Bonchev–Trinajstić information content (AvgIpc) is 3.51. The number of quaternary nitrogens is 2. The Bertz CT molecular complexity index is 2770. The van der Waals surface area contributed by atoms with Gasteiger partial charge in [-0.1, -0.05) is 43.7 Å². The van der Waals surface area contributed by atoms with Crippen molar-refractivity contribution in [3.05, 3.63) is 123 Å². The highest BCUT2D eigenvalue weighted by atomic mass is 35.5. The number of fused-ring (bicyclic) bond motifs is 2. The Balaban J connectivity index is 1.53. The number of allylic oxidation sites excluding steroid dienone is 8. The smallest absolute Gasteiger partial charge is 0.335 e. The van der Waals surface area contributed by atoms with E-state index in [1.54, 1.807) is 36.4 Å². The van der Waals surface area contributed by atoms with Crippen molar-refractivity contribution >= 4 is 60.5 Å². The van der Waals surface area contributed by atoms with Crippen LogP contribution in [0.1, 0.15) is 86.8 Å². The van der Waals surface area contributed by atoms with E-state index in [1.807, 2.05) is 0 Å². The Hall–Kier alpha value is -4.41. The zero-order valence-electron chi connectivity index (χ0n) is 38.7. The molecule has 3 aromatic carbocycles. The van der Waals surface area contributed by atoms with Crippen molar-refractivity contribution in [2.45, 2.75) is 80.4 Å². The molecule has 0 aromatic heterocycles. The Labute approximate surface area is 384 Å². The first kappa shape index (κ1) is 49.0. The second-order valence-electron chi connectivity index (χ2n) is 20.3. The maximum Gasteiger partial charge on any atom is 0.335 e. The molecule has 3 aromatic rings. The van der Waals surface area contributed by atoms with E-state index in [4.69, 9.17) is 11.6 Å². The molecule has 15 heteroatoms. The third-order valence-corrected chi connectivity index (χ3v) is 14.7. The van der Waals surface area contributed by atoms with Gasteiger partial charge in [0.1, 0.15) is 0 Å². The topological polar surface area (TPSA) is 152 Å². The molecule has 0 amide bonds. The van der Waals surface area contributed by atoms with E-state index >= 15 is 0 Å². The molecule has 0 saturated heterocycles. The van der Waals surface area contributed by atoms with Crippen molar-refractivity contribution in [2.24, 2.45) is 0 Å². The number of nitrogens with zero attached hydrogens (tertiary/aromatic N) is 4. The molecule has 3 N–H and O–H groups in total. The molecule has 0 bridgehead atoms. The number of benzene rings is 3. The van der Waals surface area contributed by atoms with Crippen LogP contribution >= 0.6 is 11.6 Å². The van der Waals surface area contributed by atoms with Gasteiger partial charge in [-0.3, -0.25) is 9.11 Å². The third-order valence-electron chi connectivity index (χ3n) is 12.6. The largest absolute Gasteiger partial charge is 0.478 e. The molecular weight excluding hydrogens is 872 g/mol. The average molecular weight is 937 g/mol. The molecule has 12 nitrogen and oxygen atoms in total. The van der Waals surface area contributed by atoms with Crippen LogP contribution in [0.25, 0.3) is 5.57 Å². The summed E-state index contributed by atoms with van der Waals surface area (Å²) in [7, 11) is 3.99. The van der Waals surface area contributed by atoms with Crippen LogP contribution in [-0.2, 0) is 31.1 Å². The van der Waals surface area contributed by atoms with Gasteiger partial charge >= 0.3 is 5.97 Å².